The van der Waals surface area contributed by atoms with Gasteiger partial charge >= 0.3 is 0 Å². The summed E-state index contributed by atoms with van der Waals surface area (Å²) >= 11 is 0. The average Bonchev–Trinajstić information content (AvgIpc) is 2.66. The van der Waals surface area contributed by atoms with E-state index in [4.69, 9.17) is 0 Å². The van der Waals surface area contributed by atoms with E-state index in [9.17, 15) is 19.7 Å². The number of hydrogen-bond acceptors (Lipinski definition) is 5. The molecule has 0 fully saturated rings. The molecule has 2 aromatic rings. The molecule has 0 spiro atoms. The van der Waals surface area contributed by atoms with E-state index in [0.29, 0.717) is 11.1 Å². The third-order valence-electron chi connectivity index (χ3n) is 3.49. The Morgan fingerprint density at radius 1 is 1.00 bits per heavy atom. The molecule has 2 aromatic carbocycles. The highest BCUT2D eigenvalue weighted by Gasteiger charge is 2.17. The van der Waals surface area contributed by atoms with Gasteiger partial charge in [-0.15, -0.1) is 0 Å². The molecule has 0 aromatic heterocycles. The molecule has 0 saturated heterocycles. The highest BCUT2D eigenvalue weighted by Crippen LogP contribution is 2.14. The Labute approximate surface area is 162 Å². The van der Waals surface area contributed by atoms with E-state index >= 15 is 0 Å². The molecule has 3 N–H and O–H groups in total. The highest BCUT2D eigenvalue weighted by atomic mass is 16.6. The molecule has 0 aliphatic rings. The van der Waals surface area contributed by atoms with Crippen molar-refractivity contribution in [2.24, 2.45) is 0 Å². The van der Waals surface area contributed by atoms with Crippen molar-refractivity contribution in [2.45, 2.75) is 26.3 Å². The van der Waals surface area contributed by atoms with Crippen LogP contribution < -0.4 is 16.2 Å². The quantitative estimate of drug-likeness (QED) is 0.404. The van der Waals surface area contributed by atoms with Crippen molar-refractivity contribution >= 4 is 23.6 Å². The summed E-state index contributed by atoms with van der Waals surface area (Å²) in [6, 6.07) is 14.1. The van der Waals surface area contributed by atoms with Crippen molar-refractivity contribution < 1.29 is 14.5 Å². The van der Waals surface area contributed by atoms with Crippen molar-refractivity contribution in [3.8, 4) is 0 Å². The molecule has 2 rings (SSSR count). The second-order valence-corrected chi connectivity index (χ2v) is 7.06. The van der Waals surface area contributed by atoms with Gasteiger partial charge < -0.3 is 5.32 Å². The van der Waals surface area contributed by atoms with E-state index in [2.05, 4.69) is 16.2 Å². The molecule has 0 atom stereocenters. The van der Waals surface area contributed by atoms with Crippen molar-refractivity contribution in [2.75, 3.05) is 0 Å². The minimum absolute atomic E-state index is 0.000504. The van der Waals surface area contributed by atoms with E-state index in [-0.39, 0.29) is 16.9 Å². The second-order valence-electron chi connectivity index (χ2n) is 7.06. The largest absolute Gasteiger partial charge is 0.317 e. The van der Waals surface area contributed by atoms with Crippen molar-refractivity contribution in [1.29, 1.82) is 0 Å². The topological polar surface area (TPSA) is 113 Å². The van der Waals surface area contributed by atoms with Gasteiger partial charge in [0.2, 0.25) is 0 Å². The third kappa shape index (κ3) is 6.33. The number of benzene rings is 2. The van der Waals surface area contributed by atoms with Gasteiger partial charge in [0.25, 0.3) is 17.5 Å². The minimum Gasteiger partial charge on any atom is -0.317 e. The first-order valence-electron chi connectivity index (χ1n) is 8.56. The van der Waals surface area contributed by atoms with Gasteiger partial charge in [-0.3, -0.25) is 25.1 Å². The molecule has 0 saturated carbocycles. The van der Waals surface area contributed by atoms with Crippen molar-refractivity contribution in [3.63, 3.8) is 0 Å². The lowest BCUT2D eigenvalue weighted by atomic mass is 10.1. The molecule has 0 radical (unpaired) electrons. The second kappa shape index (κ2) is 8.92. The fraction of sp³-hybridized carbons (Fsp3) is 0.200. The number of nitrogens with zero attached hydrogens (tertiary/aromatic N) is 1. The Morgan fingerprint density at radius 3 is 2.14 bits per heavy atom. The van der Waals surface area contributed by atoms with Crippen LogP contribution in [-0.2, 0) is 4.79 Å². The number of hydrogen-bond donors (Lipinski definition) is 3. The van der Waals surface area contributed by atoms with Gasteiger partial charge in [0.05, 0.1) is 4.92 Å². The zero-order chi connectivity index (χ0) is 20.7. The lowest BCUT2D eigenvalue weighted by Crippen LogP contribution is -2.50. The van der Waals surface area contributed by atoms with Crippen LogP contribution in [0.1, 0.15) is 36.7 Å². The molecule has 2 amide bonds. The Kier molecular flexibility index (Phi) is 6.62. The predicted molar refractivity (Wildman–Crippen MR) is 106 cm³/mol. The fourth-order valence-electron chi connectivity index (χ4n) is 2.11. The smallest absolute Gasteiger partial charge is 0.281 e. The maximum Gasteiger partial charge on any atom is 0.281 e. The maximum atomic E-state index is 12.6. The van der Waals surface area contributed by atoms with Crippen molar-refractivity contribution in [3.05, 3.63) is 81.5 Å². The van der Waals surface area contributed by atoms with Crippen LogP contribution in [0.2, 0.25) is 0 Å². The summed E-state index contributed by atoms with van der Waals surface area (Å²) in [6.45, 7) is 5.61. The van der Waals surface area contributed by atoms with E-state index < -0.39 is 16.7 Å². The van der Waals surface area contributed by atoms with Gasteiger partial charge in [-0.1, -0.05) is 18.2 Å². The van der Waals surface area contributed by atoms with E-state index in [1.54, 1.807) is 30.3 Å². The molecule has 0 aliphatic heterocycles. The minimum atomic E-state index is -0.544. The highest BCUT2D eigenvalue weighted by molar-refractivity contribution is 6.05. The van der Waals surface area contributed by atoms with Crippen LogP contribution in [0.15, 0.2) is 60.3 Å². The predicted octanol–water partition coefficient (Wildman–Crippen LogP) is 2.79. The van der Waals surface area contributed by atoms with Crippen LogP contribution in [0, 0.1) is 10.1 Å². The number of non-ortho nitro benzene ring substituents is 1. The van der Waals surface area contributed by atoms with Crippen LogP contribution in [0.25, 0.3) is 6.08 Å². The number of carbonyl (C=O) groups excluding carboxylic acids is 2. The average molecular weight is 382 g/mol. The van der Waals surface area contributed by atoms with Crippen LogP contribution in [-0.4, -0.2) is 22.3 Å². The molecule has 0 unspecified atom stereocenters. The summed E-state index contributed by atoms with van der Waals surface area (Å²) < 4.78 is 0. The summed E-state index contributed by atoms with van der Waals surface area (Å²) in [5.74, 6) is -0.989. The van der Waals surface area contributed by atoms with Crippen LogP contribution in [0.4, 0.5) is 5.69 Å². The van der Waals surface area contributed by atoms with E-state index in [0.717, 1.165) is 0 Å². The fourth-order valence-corrected chi connectivity index (χ4v) is 2.11. The van der Waals surface area contributed by atoms with Gasteiger partial charge in [0.1, 0.15) is 5.70 Å². The van der Waals surface area contributed by atoms with E-state index in [1.807, 2.05) is 20.8 Å². The normalized spacial score (nSPS) is 11.6. The van der Waals surface area contributed by atoms with Crippen LogP contribution in [0.5, 0.6) is 0 Å². The lowest BCUT2D eigenvalue weighted by Gasteiger charge is -2.21. The number of carbonyl (C=O) groups is 2. The SMILES string of the molecule is CC(C)(C)NNC(=O)/C(=C\c1ccc([N+](=O)[O-])cc1)NC(=O)c1ccccc1. The Morgan fingerprint density at radius 2 is 1.61 bits per heavy atom. The summed E-state index contributed by atoms with van der Waals surface area (Å²) in [4.78, 5) is 35.3. The summed E-state index contributed by atoms with van der Waals surface area (Å²) in [5.41, 5.74) is 5.88. The zero-order valence-electron chi connectivity index (χ0n) is 15.9. The molecule has 0 bridgehead atoms. The number of nitro benzene ring substituents is 1. The summed E-state index contributed by atoms with van der Waals surface area (Å²) in [6.07, 6.45) is 1.45. The summed E-state index contributed by atoms with van der Waals surface area (Å²) in [7, 11) is 0. The Bertz CT molecular complexity index is 885. The maximum absolute atomic E-state index is 12.6. The molecule has 8 nitrogen and oxygen atoms in total. The molecule has 0 heterocycles. The molecule has 146 valence electrons. The zero-order valence-corrected chi connectivity index (χ0v) is 15.9. The number of amides is 2. The Hall–Kier alpha value is -3.52. The molecular formula is C20H22N4O4. The van der Waals surface area contributed by atoms with Crippen LogP contribution >= 0.6 is 0 Å². The van der Waals surface area contributed by atoms with Crippen molar-refractivity contribution in [1.82, 2.24) is 16.2 Å². The first kappa shape index (κ1) is 20.8. The van der Waals surface area contributed by atoms with E-state index in [1.165, 1.54) is 30.3 Å². The first-order chi connectivity index (χ1) is 13.2. The molecule has 0 aliphatic carbocycles. The molecular weight excluding hydrogens is 360 g/mol. The van der Waals surface area contributed by atoms with Gasteiger partial charge in [-0.05, 0) is 56.7 Å². The number of hydrazine groups is 1. The van der Waals surface area contributed by atoms with Crippen LogP contribution in [0.3, 0.4) is 0 Å². The molecule has 8 heteroatoms. The van der Waals surface area contributed by atoms with Gasteiger partial charge in [0.15, 0.2) is 0 Å². The molecule has 28 heavy (non-hydrogen) atoms. The number of nitro groups is 1. The first-order valence-corrected chi connectivity index (χ1v) is 8.56. The standard InChI is InChI=1S/C20H22N4O4/c1-20(2,3)23-22-19(26)17(21-18(25)15-7-5-4-6-8-15)13-14-9-11-16(12-10-14)24(27)28/h4-13,23H,1-3H3,(H,21,25)(H,22,26)/b17-13+. The third-order valence-corrected chi connectivity index (χ3v) is 3.49. The Balaban J connectivity index is 2.27. The number of nitrogens with one attached hydrogen (secondary N) is 3. The monoisotopic (exact) mass is 382 g/mol. The summed E-state index contributed by atoms with van der Waals surface area (Å²) in [5, 5.41) is 13.4. The number of rotatable bonds is 6. The lowest BCUT2D eigenvalue weighted by molar-refractivity contribution is -0.384. The van der Waals surface area contributed by atoms with Gasteiger partial charge in [-0.2, -0.15) is 0 Å². The van der Waals surface area contributed by atoms with Gasteiger partial charge in [0, 0.05) is 23.2 Å². The van der Waals surface area contributed by atoms with Gasteiger partial charge in [-0.25, -0.2) is 5.43 Å².